The highest BCUT2D eigenvalue weighted by molar-refractivity contribution is 5.85. The van der Waals surface area contributed by atoms with Crippen LogP contribution < -0.4 is 5.32 Å². The number of hydrogen-bond donors (Lipinski definition) is 1. The Morgan fingerprint density at radius 1 is 1.59 bits per heavy atom. The number of aryl methyl sites for hydroxylation is 1. The zero-order chi connectivity index (χ0) is 11.4. The van der Waals surface area contributed by atoms with Gasteiger partial charge in [-0.3, -0.25) is 4.90 Å². The molecular formula is C12H22ClN3O. The SMILES string of the molecule is CCCN(Cc1cc(C)no1)C1CCNC1.Cl. The Morgan fingerprint density at radius 3 is 2.94 bits per heavy atom. The molecule has 4 nitrogen and oxygen atoms in total. The van der Waals surface area contributed by atoms with Gasteiger partial charge in [0.25, 0.3) is 0 Å². The summed E-state index contributed by atoms with van der Waals surface area (Å²) in [6.45, 7) is 8.45. The van der Waals surface area contributed by atoms with Gasteiger partial charge < -0.3 is 9.84 Å². The van der Waals surface area contributed by atoms with E-state index in [4.69, 9.17) is 4.52 Å². The van der Waals surface area contributed by atoms with Gasteiger partial charge in [-0.15, -0.1) is 12.4 Å². The van der Waals surface area contributed by atoms with E-state index in [-0.39, 0.29) is 12.4 Å². The van der Waals surface area contributed by atoms with Crippen molar-refractivity contribution in [1.29, 1.82) is 0 Å². The van der Waals surface area contributed by atoms with Gasteiger partial charge >= 0.3 is 0 Å². The van der Waals surface area contributed by atoms with Gasteiger partial charge in [0.05, 0.1) is 12.2 Å². The molecule has 0 aromatic carbocycles. The Balaban J connectivity index is 0.00000144. The summed E-state index contributed by atoms with van der Waals surface area (Å²) in [6.07, 6.45) is 2.43. The maximum Gasteiger partial charge on any atom is 0.150 e. The fraction of sp³-hybridized carbons (Fsp3) is 0.750. The Kier molecular flexibility index (Phi) is 5.95. The van der Waals surface area contributed by atoms with Crippen LogP contribution in [0.3, 0.4) is 0 Å². The van der Waals surface area contributed by atoms with Crippen LogP contribution in [0.4, 0.5) is 0 Å². The Bertz CT molecular complexity index is 323. The van der Waals surface area contributed by atoms with Crippen LogP contribution in [0.1, 0.15) is 31.2 Å². The van der Waals surface area contributed by atoms with Crippen LogP contribution in [-0.4, -0.2) is 35.7 Å². The van der Waals surface area contributed by atoms with Crippen molar-refractivity contribution in [2.45, 2.75) is 39.3 Å². The smallest absolute Gasteiger partial charge is 0.150 e. The minimum Gasteiger partial charge on any atom is -0.360 e. The second-order valence-electron chi connectivity index (χ2n) is 4.55. The second-order valence-corrected chi connectivity index (χ2v) is 4.55. The van der Waals surface area contributed by atoms with Crippen LogP contribution in [0.2, 0.25) is 0 Å². The van der Waals surface area contributed by atoms with Crippen molar-refractivity contribution in [3.05, 3.63) is 17.5 Å². The fourth-order valence-corrected chi connectivity index (χ4v) is 2.32. The van der Waals surface area contributed by atoms with E-state index >= 15 is 0 Å². The molecule has 0 spiro atoms. The van der Waals surface area contributed by atoms with E-state index in [2.05, 4.69) is 22.3 Å². The predicted octanol–water partition coefficient (Wildman–Crippen LogP) is 1.98. The number of rotatable bonds is 5. The van der Waals surface area contributed by atoms with Crippen LogP contribution in [-0.2, 0) is 6.54 Å². The van der Waals surface area contributed by atoms with E-state index in [0.717, 1.165) is 37.6 Å². The van der Waals surface area contributed by atoms with Gasteiger partial charge in [0.2, 0.25) is 0 Å². The van der Waals surface area contributed by atoms with Gasteiger partial charge in [0.1, 0.15) is 0 Å². The number of aromatic nitrogens is 1. The van der Waals surface area contributed by atoms with E-state index in [1.165, 1.54) is 12.8 Å². The Morgan fingerprint density at radius 2 is 2.41 bits per heavy atom. The largest absolute Gasteiger partial charge is 0.360 e. The molecule has 1 N–H and O–H groups in total. The molecule has 1 aromatic rings. The van der Waals surface area contributed by atoms with E-state index in [1.54, 1.807) is 0 Å². The highest BCUT2D eigenvalue weighted by Gasteiger charge is 2.22. The Hall–Kier alpha value is -0.580. The van der Waals surface area contributed by atoms with Crippen LogP contribution in [0.15, 0.2) is 10.6 Å². The molecule has 2 heterocycles. The van der Waals surface area contributed by atoms with E-state index in [0.29, 0.717) is 6.04 Å². The second kappa shape index (κ2) is 6.99. The molecule has 1 aliphatic heterocycles. The number of nitrogens with zero attached hydrogens (tertiary/aromatic N) is 2. The highest BCUT2D eigenvalue weighted by atomic mass is 35.5. The first kappa shape index (κ1) is 14.5. The molecule has 0 radical (unpaired) electrons. The van der Waals surface area contributed by atoms with Crippen molar-refractivity contribution in [3.8, 4) is 0 Å². The topological polar surface area (TPSA) is 41.3 Å². The van der Waals surface area contributed by atoms with Crippen molar-refractivity contribution in [2.75, 3.05) is 19.6 Å². The third-order valence-electron chi connectivity index (χ3n) is 3.10. The fourth-order valence-electron chi connectivity index (χ4n) is 2.32. The van der Waals surface area contributed by atoms with Gasteiger partial charge in [-0.1, -0.05) is 12.1 Å². The minimum atomic E-state index is 0. The summed E-state index contributed by atoms with van der Waals surface area (Å²) in [7, 11) is 0. The Labute approximate surface area is 109 Å². The first-order chi connectivity index (χ1) is 7.79. The lowest BCUT2D eigenvalue weighted by Crippen LogP contribution is -2.36. The monoisotopic (exact) mass is 259 g/mol. The molecule has 17 heavy (non-hydrogen) atoms. The average Bonchev–Trinajstić information content (AvgIpc) is 2.88. The lowest BCUT2D eigenvalue weighted by atomic mass is 10.2. The van der Waals surface area contributed by atoms with Crippen molar-refractivity contribution in [2.24, 2.45) is 0 Å². The van der Waals surface area contributed by atoms with E-state index < -0.39 is 0 Å². The molecular weight excluding hydrogens is 238 g/mol. The normalized spacial score (nSPS) is 19.6. The van der Waals surface area contributed by atoms with Gasteiger partial charge in [-0.2, -0.15) is 0 Å². The number of hydrogen-bond acceptors (Lipinski definition) is 4. The van der Waals surface area contributed by atoms with Crippen LogP contribution in [0.5, 0.6) is 0 Å². The molecule has 2 rings (SSSR count). The predicted molar refractivity (Wildman–Crippen MR) is 70.5 cm³/mol. The summed E-state index contributed by atoms with van der Waals surface area (Å²) in [4.78, 5) is 2.50. The lowest BCUT2D eigenvalue weighted by molar-refractivity contribution is 0.177. The van der Waals surface area contributed by atoms with Crippen molar-refractivity contribution >= 4 is 12.4 Å². The quantitative estimate of drug-likeness (QED) is 0.878. The first-order valence-electron chi connectivity index (χ1n) is 6.16. The van der Waals surface area contributed by atoms with Gasteiger partial charge in [0, 0.05) is 18.7 Å². The van der Waals surface area contributed by atoms with E-state index in [9.17, 15) is 0 Å². The molecule has 1 fully saturated rings. The summed E-state index contributed by atoms with van der Waals surface area (Å²) >= 11 is 0. The first-order valence-corrected chi connectivity index (χ1v) is 6.16. The van der Waals surface area contributed by atoms with Crippen molar-refractivity contribution in [1.82, 2.24) is 15.4 Å². The molecule has 0 bridgehead atoms. The summed E-state index contributed by atoms with van der Waals surface area (Å²) in [6, 6.07) is 2.69. The third kappa shape index (κ3) is 3.98. The third-order valence-corrected chi connectivity index (χ3v) is 3.10. The average molecular weight is 260 g/mol. The molecule has 0 amide bonds. The maximum absolute atomic E-state index is 5.29. The molecule has 0 saturated carbocycles. The van der Waals surface area contributed by atoms with Crippen LogP contribution >= 0.6 is 12.4 Å². The number of halogens is 1. The molecule has 98 valence electrons. The molecule has 5 heteroatoms. The molecule has 0 aliphatic carbocycles. The van der Waals surface area contributed by atoms with Crippen molar-refractivity contribution < 1.29 is 4.52 Å². The zero-order valence-electron chi connectivity index (χ0n) is 10.6. The van der Waals surface area contributed by atoms with Crippen molar-refractivity contribution in [3.63, 3.8) is 0 Å². The lowest BCUT2D eigenvalue weighted by Gasteiger charge is -2.26. The minimum absolute atomic E-state index is 0. The van der Waals surface area contributed by atoms with Gasteiger partial charge in [-0.05, 0) is 32.9 Å². The van der Waals surface area contributed by atoms with Crippen LogP contribution in [0, 0.1) is 6.92 Å². The van der Waals surface area contributed by atoms with Gasteiger partial charge in [0.15, 0.2) is 5.76 Å². The maximum atomic E-state index is 5.29. The van der Waals surface area contributed by atoms with Crippen LogP contribution in [0.25, 0.3) is 0 Å². The summed E-state index contributed by atoms with van der Waals surface area (Å²) < 4.78 is 5.29. The molecule has 1 aliphatic rings. The summed E-state index contributed by atoms with van der Waals surface area (Å²) in [5.41, 5.74) is 0.969. The number of nitrogens with one attached hydrogen (secondary N) is 1. The zero-order valence-corrected chi connectivity index (χ0v) is 11.4. The molecule has 1 unspecified atom stereocenters. The van der Waals surface area contributed by atoms with E-state index in [1.807, 2.05) is 13.0 Å². The standard InChI is InChI=1S/C12H21N3O.ClH/c1-3-6-15(11-4-5-13-8-11)9-12-7-10(2)14-16-12;/h7,11,13H,3-6,8-9H2,1-2H3;1H. The molecule has 1 atom stereocenters. The molecule has 1 aromatic heterocycles. The highest BCUT2D eigenvalue weighted by Crippen LogP contribution is 2.14. The summed E-state index contributed by atoms with van der Waals surface area (Å²) in [5.74, 6) is 0.984. The van der Waals surface area contributed by atoms with Gasteiger partial charge in [-0.25, -0.2) is 0 Å². The summed E-state index contributed by atoms with van der Waals surface area (Å²) in [5, 5.41) is 7.35. The molecule has 1 saturated heterocycles.